The average molecular weight is 529 g/mol. The number of benzene rings is 2. The van der Waals surface area contributed by atoms with Crippen LogP contribution in [0.25, 0.3) is 11.1 Å². The van der Waals surface area contributed by atoms with Crippen molar-refractivity contribution in [3.05, 3.63) is 85.7 Å². The van der Waals surface area contributed by atoms with Crippen LogP contribution in [0.15, 0.2) is 52.2 Å². The van der Waals surface area contributed by atoms with E-state index >= 15 is 0 Å². The number of amides is 1. The van der Waals surface area contributed by atoms with Crippen LogP contribution in [0.4, 0.5) is 0 Å². The van der Waals surface area contributed by atoms with Crippen LogP contribution in [0.5, 0.6) is 5.75 Å². The summed E-state index contributed by atoms with van der Waals surface area (Å²) in [6, 6.07) is 11.4. The van der Waals surface area contributed by atoms with Crippen LogP contribution in [0.1, 0.15) is 52.7 Å². The van der Waals surface area contributed by atoms with Crippen molar-refractivity contribution in [2.24, 2.45) is 5.92 Å². The number of H-pyrrole nitrogens is 2. The van der Waals surface area contributed by atoms with Crippen LogP contribution in [-0.2, 0) is 23.1 Å². The van der Waals surface area contributed by atoms with Crippen LogP contribution in [0, 0.1) is 5.92 Å². The van der Waals surface area contributed by atoms with Gasteiger partial charge in [-0.25, -0.2) is 4.79 Å². The number of Topliss-reactive ketones (excluding diaryl/α,β-unsaturated/α-hetero) is 1. The molecule has 2 bridgehead atoms. The molecule has 3 aliphatic rings. The highest BCUT2D eigenvalue weighted by molar-refractivity contribution is 5.98. The summed E-state index contributed by atoms with van der Waals surface area (Å²) in [6.07, 6.45) is 5.45. The lowest BCUT2D eigenvalue weighted by Gasteiger charge is -2.58. The summed E-state index contributed by atoms with van der Waals surface area (Å²) in [5.74, 6) is 0.244. The Bertz CT molecular complexity index is 1570. The van der Waals surface area contributed by atoms with Gasteiger partial charge in [-0.15, -0.1) is 0 Å². The van der Waals surface area contributed by atoms with Crippen LogP contribution < -0.4 is 16.6 Å². The minimum atomic E-state index is -0.552. The van der Waals surface area contributed by atoms with E-state index in [0.29, 0.717) is 48.9 Å². The normalized spacial score (nSPS) is 24.1. The fourth-order valence-electron chi connectivity index (χ4n) is 7.20. The highest BCUT2D eigenvalue weighted by Gasteiger charge is 2.56. The van der Waals surface area contributed by atoms with Crippen molar-refractivity contribution in [3.63, 3.8) is 0 Å². The third kappa shape index (κ3) is 4.30. The maximum absolute atomic E-state index is 13.2. The zero-order valence-electron chi connectivity index (χ0n) is 21.9. The fourth-order valence-corrected chi connectivity index (χ4v) is 7.20. The fraction of sp³-hybridized carbons (Fsp3) is 0.400. The molecule has 1 saturated carbocycles. The number of nitrogens with one attached hydrogen (secondary N) is 3. The number of aromatic hydroxyl groups is 1. The first-order valence-corrected chi connectivity index (χ1v) is 13.5. The number of phenolic OH excluding ortho intramolecular Hbond substituents is 1. The number of rotatable bonds is 5. The number of likely N-dealkylation sites (tertiary alicyclic amines) is 1. The maximum Gasteiger partial charge on any atom is 0.325 e. The second-order valence-electron chi connectivity index (χ2n) is 11.2. The summed E-state index contributed by atoms with van der Waals surface area (Å²) < 4.78 is 0. The molecule has 6 rings (SSSR count). The second-order valence-corrected chi connectivity index (χ2v) is 11.2. The van der Waals surface area contributed by atoms with E-state index in [1.54, 1.807) is 18.2 Å². The highest BCUT2D eigenvalue weighted by atomic mass is 16.3. The third-order valence-corrected chi connectivity index (χ3v) is 9.12. The molecule has 0 radical (unpaired) electrons. The van der Waals surface area contributed by atoms with Crippen molar-refractivity contribution >= 4 is 11.7 Å². The van der Waals surface area contributed by atoms with Crippen molar-refractivity contribution in [2.75, 3.05) is 20.1 Å². The van der Waals surface area contributed by atoms with Crippen molar-refractivity contribution in [1.82, 2.24) is 20.2 Å². The molecule has 202 valence electrons. The molecule has 3 atom stereocenters. The van der Waals surface area contributed by atoms with Gasteiger partial charge in [0.05, 0.1) is 11.1 Å². The van der Waals surface area contributed by atoms with Gasteiger partial charge in [-0.1, -0.05) is 30.3 Å². The van der Waals surface area contributed by atoms with Crippen molar-refractivity contribution in [2.45, 2.75) is 50.0 Å². The van der Waals surface area contributed by atoms with Gasteiger partial charge in [0.1, 0.15) is 11.5 Å². The third-order valence-electron chi connectivity index (χ3n) is 9.12. The number of carbonyl (C=O) groups excluding carboxylic acids is 2. The predicted molar refractivity (Wildman–Crippen MR) is 146 cm³/mol. The lowest BCUT2D eigenvalue weighted by molar-refractivity contribution is -0.126. The number of piperidine rings is 1. The molecule has 2 fully saturated rings. The van der Waals surface area contributed by atoms with Gasteiger partial charge in [-0.2, -0.15) is 0 Å². The average Bonchev–Trinajstić information content (AvgIpc) is 2.91. The van der Waals surface area contributed by atoms with E-state index in [9.17, 15) is 24.3 Å². The maximum atomic E-state index is 13.2. The van der Waals surface area contributed by atoms with Gasteiger partial charge in [0, 0.05) is 42.6 Å². The minimum Gasteiger partial charge on any atom is -0.507 e. The van der Waals surface area contributed by atoms with E-state index in [2.05, 4.69) is 27.2 Å². The van der Waals surface area contributed by atoms with Gasteiger partial charge in [-0.3, -0.25) is 19.4 Å². The first kappa shape index (κ1) is 25.3. The number of nitrogens with zero attached hydrogens (tertiary/aromatic N) is 1. The van der Waals surface area contributed by atoms with Crippen LogP contribution in [0.3, 0.4) is 0 Å². The lowest BCUT2D eigenvalue weighted by Crippen LogP contribution is -2.61. The van der Waals surface area contributed by atoms with E-state index in [-0.39, 0.29) is 23.0 Å². The minimum absolute atomic E-state index is 0.0307. The molecule has 3 unspecified atom stereocenters. The molecular formula is C30H32N4O5. The number of aromatic nitrogens is 2. The number of aromatic amines is 2. The van der Waals surface area contributed by atoms with Crippen LogP contribution in [0.2, 0.25) is 0 Å². The number of fused-ring (bicyclic) bond motifs is 1. The Hall–Kier alpha value is -3.98. The van der Waals surface area contributed by atoms with E-state index < -0.39 is 16.7 Å². The lowest BCUT2D eigenvalue weighted by atomic mass is 9.52. The summed E-state index contributed by atoms with van der Waals surface area (Å²) in [7, 11) is 2.15. The molecule has 4 N–H and O–H groups in total. The number of hydrogen-bond acceptors (Lipinski definition) is 6. The molecular weight excluding hydrogens is 496 g/mol. The van der Waals surface area contributed by atoms with Gasteiger partial charge >= 0.3 is 5.69 Å². The second kappa shape index (κ2) is 9.64. The SMILES string of the molecule is CN1CCC23CC(=O)CCC2C1Cc1ccc(C(=O)NCCc2ccc(-c4c[nH]c(=O)[nH]c4=O)cc2)c(O)c13. The van der Waals surface area contributed by atoms with Crippen LogP contribution >= 0.6 is 0 Å². The highest BCUT2D eigenvalue weighted by Crippen LogP contribution is 2.57. The zero-order chi connectivity index (χ0) is 27.3. The molecule has 9 heteroatoms. The molecule has 2 aromatic carbocycles. The molecule has 1 amide bonds. The van der Waals surface area contributed by atoms with Gasteiger partial charge < -0.3 is 20.3 Å². The van der Waals surface area contributed by atoms with Crippen molar-refractivity contribution < 1.29 is 14.7 Å². The molecule has 9 nitrogen and oxygen atoms in total. The van der Waals surface area contributed by atoms with E-state index in [4.69, 9.17) is 0 Å². The van der Waals surface area contributed by atoms with Crippen LogP contribution in [-0.4, -0.2) is 57.8 Å². The molecule has 1 aliphatic heterocycles. The number of carbonyl (C=O) groups is 2. The Labute approximate surface area is 225 Å². The molecule has 2 heterocycles. The van der Waals surface area contributed by atoms with E-state index in [1.807, 2.05) is 18.2 Å². The smallest absolute Gasteiger partial charge is 0.325 e. The summed E-state index contributed by atoms with van der Waals surface area (Å²) in [4.78, 5) is 56.2. The molecule has 1 saturated heterocycles. The van der Waals surface area contributed by atoms with E-state index in [1.165, 1.54) is 6.20 Å². The predicted octanol–water partition coefficient (Wildman–Crippen LogP) is 2.28. The molecule has 2 aliphatic carbocycles. The first-order valence-electron chi connectivity index (χ1n) is 13.5. The monoisotopic (exact) mass is 528 g/mol. The largest absolute Gasteiger partial charge is 0.507 e. The Morgan fingerprint density at radius 3 is 2.72 bits per heavy atom. The van der Waals surface area contributed by atoms with E-state index in [0.717, 1.165) is 42.5 Å². The van der Waals surface area contributed by atoms with Gasteiger partial charge in [0.2, 0.25) is 0 Å². The Kier molecular flexibility index (Phi) is 6.26. The quantitative estimate of drug-likeness (QED) is 0.401. The molecule has 3 aromatic rings. The number of hydrogen-bond donors (Lipinski definition) is 4. The topological polar surface area (TPSA) is 135 Å². The first-order chi connectivity index (χ1) is 18.8. The Morgan fingerprint density at radius 1 is 1.15 bits per heavy atom. The Morgan fingerprint density at radius 2 is 1.95 bits per heavy atom. The number of ketones is 1. The number of likely N-dealkylation sites (N-methyl/N-ethyl adjacent to an activating group) is 1. The molecule has 1 aromatic heterocycles. The number of phenols is 1. The summed E-state index contributed by atoms with van der Waals surface area (Å²) in [5, 5.41) is 14.4. The summed E-state index contributed by atoms with van der Waals surface area (Å²) >= 11 is 0. The van der Waals surface area contributed by atoms with Crippen molar-refractivity contribution in [1.29, 1.82) is 0 Å². The zero-order valence-corrected chi connectivity index (χ0v) is 21.9. The molecule has 39 heavy (non-hydrogen) atoms. The Balaban J connectivity index is 1.18. The van der Waals surface area contributed by atoms with Crippen molar-refractivity contribution in [3.8, 4) is 16.9 Å². The summed E-state index contributed by atoms with van der Waals surface area (Å²) in [5.41, 5.74) is 2.74. The standard InChI is InChI=1S/C30H32N4O5/c1-34-13-11-30-15-20(35)7-9-23(30)24(34)14-19-6-8-21(26(36)25(19)30)27(37)31-12-10-17-2-4-18(5-3-17)22-16-32-29(39)33-28(22)38/h2-6,8,16,23-24,36H,7,9-15H2,1H3,(H,31,37)(H2,32,33,38,39). The molecule has 0 spiro atoms. The van der Waals surface area contributed by atoms with Gasteiger partial charge in [0.15, 0.2) is 0 Å². The van der Waals surface area contributed by atoms with Gasteiger partial charge in [0.25, 0.3) is 11.5 Å². The summed E-state index contributed by atoms with van der Waals surface area (Å²) in [6.45, 7) is 1.24. The van der Waals surface area contributed by atoms with Gasteiger partial charge in [-0.05, 0) is 68.0 Å².